The van der Waals surface area contributed by atoms with Gasteiger partial charge in [-0.15, -0.1) is 0 Å². The van der Waals surface area contributed by atoms with Crippen molar-refractivity contribution in [3.05, 3.63) is 41.1 Å². The van der Waals surface area contributed by atoms with Gasteiger partial charge in [0, 0.05) is 19.7 Å². The molecule has 2 rings (SSSR count). The lowest BCUT2D eigenvalue weighted by Crippen LogP contribution is -2.28. The van der Waals surface area contributed by atoms with Crippen molar-refractivity contribution in [2.45, 2.75) is 33.6 Å². The summed E-state index contributed by atoms with van der Waals surface area (Å²) in [5.41, 5.74) is 9.59. The van der Waals surface area contributed by atoms with E-state index in [1.165, 1.54) is 5.56 Å². The number of benzene rings is 1. The van der Waals surface area contributed by atoms with Gasteiger partial charge in [0.25, 0.3) is 5.91 Å². The van der Waals surface area contributed by atoms with Crippen LogP contribution in [0.25, 0.3) is 5.69 Å². The van der Waals surface area contributed by atoms with Gasteiger partial charge in [-0.25, -0.2) is 4.68 Å². The van der Waals surface area contributed by atoms with Gasteiger partial charge in [-0.2, -0.15) is 5.10 Å². The molecule has 0 fully saturated rings. The second-order valence-corrected chi connectivity index (χ2v) is 5.74. The highest BCUT2D eigenvalue weighted by Crippen LogP contribution is 2.20. The first-order valence-corrected chi connectivity index (χ1v) is 7.62. The highest BCUT2D eigenvalue weighted by Gasteiger charge is 2.18. The van der Waals surface area contributed by atoms with Crippen LogP contribution in [0.4, 0.5) is 5.82 Å². The van der Waals surface area contributed by atoms with E-state index >= 15 is 0 Å². The molecule has 5 heteroatoms. The van der Waals surface area contributed by atoms with Gasteiger partial charge in [0.1, 0.15) is 5.82 Å². The summed E-state index contributed by atoms with van der Waals surface area (Å²) in [6.07, 6.45) is 2.03. The number of rotatable bonds is 5. The summed E-state index contributed by atoms with van der Waals surface area (Å²) in [6.45, 7) is 6.88. The maximum Gasteiger partial charge on any atom is 0.274 e. The number of hydrogen-bond donors (Lipinski definition) is 1. The summed E-state index contributed by atoms with van der Waals surface area (Å²) in [4.78, 5) is 14.1. The summed E-state index contributed by atoms with van der Waals surface area (Å²) in [5.74, 6) is 0.378. The Hall–Kier alpha value is -2.30. The van der Waals surface area contributed by atoms with Gasteiger partial charge in [0.2, 0.25) is 0 Å². The third-order valence-corrected chi connectivity index (χ3v) is 3.73. The summed E-state index contributed by atoms with van der Waals surface area (Å²) in [5, 5.41) is 4.40. The third kappa shape index (κ3) is 3.30. The highest BCUT2D eigenvalue weighted by molar-refractivity contribution is 5.93. The number of amides is 1. The predicted octanol–water partition coefficient (Wildman–Crippen LogP) is 2.94. The van der Waals surface area contributed by atoms with E-state index < -0.39 is 0 Å². The summed E-state index contributed by atoms with van der Waals surface area (Å²) in [7, 11) is 1.80. The number of aromatic nitrogens is 2. The first kappa shape index (κ1) is 16.1. The van der Waals surface area contributed by atoms with Gasteiger partial charge in [0.05, 0.1) is 5.69 Å². The van der Waals surface area contributed by atoms with Crippen LogP contribution in [0.5, 0.6) is 0 Å². The second-order valence-electron chi connectivity index (χ2n) is 5.74. The Morgan fingerprint density at radius 2 is 2.05 bits per heavy atom. The van der Waals surface area contributed by atoms with E-state index in [2.05, 4.69) is 18.1 Å². The SMILES string of the molecule is CCCCN(C)C(=O)c1cc(N)n(-c2ccc(C)cc2C)n1. The Morgan fingerprint density at radius 1 is 1.32 bits per heavy atom. The lowest BCUT2D eigenvalue weighted by Gasteiger charge is -2.14. The molecule has 0 radical (unpaired) electrons. The largest absolute Gasteiger partial charge is 0.384 e. The van der Waals surface area contributed by atoms with Crippen molar-refractivity contribution >= 4 is 11.7 Å². The number of nitrogens with zero attached hydrogens (tertiary/aromatic N) is 3. The second kappa shape index (κ2) is 6.64. The zero-order valence-electron chi connectivity index (χ0n) is 13.8. The van der Waals surface area contributed by atoms with E-state index in [1.54, 1.807) is 22.7 Å². The maximum absolute atomic E-state index is 12.4. The molecule has 0 saturated heterocycles. The average molecular weight is 300 g/mol. The van der Waals surface area contributed by atoms with Crippen LogP contribution in [-0.2, 0) is 0 Å². The third-order valence-electron chi connectivity index (χ3n) is 3.73. The Balaban J connectivity index is 2.30. The minimum Gasteiger partial charge on any atom is -0.384 e. The van der Waals surface area contributed by atoms with Crippen molar-refractivity contribution in [3.63, 3.8) is 0 Å². The lowest BCUT2D eigenvalue weighted by atomic mass is 10.1. The van der Waals surface area contributed by atoms with Gasteiger partial charge in [0.15, 0.2) is 5.69 Å². The molecule has 1 amide bonds. The normalized spacial score (nSPS) is 10.7. The fourth-order valence-corrected chi connectivity index (χ4v) is 2.43. The van der Waals surface area contributed by atoms with E-state index in [0.717, 1.165) is 30.6 Å². The van der Waals surface area contributed by atoms with Crippen LogP contribution in [0.1, 0.15) is 41.4 Å². The van der Waals surface area contributed by atoms with Gasteiger partial charge < -0.3 is 10.6 Å². The number of hydrogen-bond acceptors (Lipinski definition) is 3. The molecule has 0 aliphatic carbocycles. The number of carbonyl (C=O) groups excluding carboxylic acids is 1. The van der Waals surface area contributed by atoms with Crippen LogP contribution in [0.3, 0.4) is 0 Å². The minimum absolute atomic E-state index is 0.0938. The van der Waals surface area contributed by atoms with Crippen LogP contribution in [0, 0.1) is 13.8 Å². The van der Waals surface area contributed by atoms with Crippen molar-refractivity contribution in [2.24, 2.45) is 0 Å². The highest BCUT2D eigenvalue weighted by atomic mass is 16.2. The number of anilines is 1. The molecule has 118 valence electrons. The van der Waals surface area contributed by atoms with E-state index in [4.69, 9.17) is 5.73 Å². The number of nitrogens with two attached hydrogens (primary N) is 1. The minimum atomic E-state index is -0.0938. The first-order valence-electron chi connectivity index (χ1n) is 7.62. The van der Waals surface area contributed by atoms with Crippen LogP contribution in [-0.4, -0.2) is 34.2 Å². The van der Waals surface area contributed by atoms with Gasteiger partial charge in [-0.1, -0.05) is 31.0 Å². The fourth-order valence-electron chi connectivity index (χ4n) is 2.43. The number of carbonyl (C=O) groups is 1. The lowest BCUT2D eigenvalue weighted by molar-refractivity contribution is 0.0787. The molecule has 1 aromatic carbocycles. The number of unbranched alkanes of at least 4 members (excludes halogenated alkanes) is 1. The molecule has 0 bridgehead atoms. The van der Waals surface area contributed by atoms with Crippen molar-refractivity contribution in [3.8, 4) is 5.69 Å². The summed E-state index contributed by atoms with van der Waals surface area (Å²) in [6, 6.07) is 7.71. The molecule has 1 heterocycles. The summed E-state index contributed by atoms with van der Waals surface area (Å²) < 4.78 is 1.63. The molecule has 2 aromatic rings. The monoisotopic (exact) mass is 300 g/mol. The van der Waals surface area contributed by atoms with Crippen LogP contribution in [0.2, 0.25) is 0 Å². The van der Waals surface area contributed by atoms with Crippen LogP contribution < -0.4 is 5.73 Å². The van der Waals surface area contributed by atoms with Gasteiger partial charge in [-0.3, -0.25) is 4.79 Å². The number of nitrogen functional groups attached to an aromatic ring is 1. The predicted molar refractivity (Wildman–Crippen MR) is 89.3 cm³/mol. The topological polar surface area (TPSA) is 64.2 Å². The Bertz CT molecular complexity index is 675. The molecule has 0 unspecified atom stereocenters. The molecule has 0 spiro atoms. The van der Waals surface area contributed by atoms with Gasteiger partial charge in [-0.05, 0) is 31.9 Å². The first-order chi connectivity index (χ1) is 10.4. The Morgan fingerprint density at radius 3 is 2.68 bits per heavy atom. The smallest absolute Gasteiger partial charge is 0.274 e. The molecular formula is C17H24N4O. The van der Waals surface area contributed by atoms with Crippen molar-refractivity contribution in [1.29, 1.82) is 0 Å². The van der Waals surface area contributed by atoms with Crippen molar-refractivity contribution in [2.75, 3.05) is 19.3 Å². The fraction of sp³-hybridized carbons (Fsp3) is 0.412. The van der Waals surface area contributed by atoms with E-state index in [-0.39, 0.29) is 5.91 Å². The van der Waals surface area contributed by atoms with Crippen molar-refractivity contribution < 1.29 is 4.79 Å². The van der Waals surface area contributed by atoms with E-state index in [9.17, 15) is 4.79 Å². The average Bonchev–Trinajstić information content (AvgIpc) is 2.85. The quantitative estimate of drug-likeness (QED) is 0.923. The molecule has 0 saturated carbocycles. The maximum atomic E-state index is 12.4. The van der Waals surface area contributed by atoms with Crippen LogP contribution >= 0.6 is 0 Å². The zero-order chi connectivity index (χ0) is 16.3. The Kier molecular flexibility index (Phi) is 4.85. The molecule has 22 heavy (non-hydrogen) atoms. The van der Waals surface area contributed by atoms with Crippen LogP contribution in [0.15, 0.2) is 24.3 Å². The molecular weight excluding hydrogens is 276 g/mol. The Labute approximate surface area is 131 Å². The molecule has 1 aromatic heterocycles. The molecule has 2 N–H and O–H groups in total. The molecule has 0 atom stereocenters. The van der Waals surface area contributed by atoms with Crippen molar-refractivity contribution in [1.82, 2.24) is 14.7 Å². The molecule has 0 aliphatic rings. The number of aryl methyl sites for hydroxylation is 2. The summed E-state index contributed by atoms with van der Waals surface area (Å²) >= 11 is 0. The zero-order valence-corrected chi connectivity index (χ0v) is 13.8. The van der Waals surface area contributed by atoms with Gasteiger partial charge >= 0.3 is 0 Å². The standard InChI is InChI=1S/C17H24N4O/c1-5-6-9-20(4)17(22)14-11-16(18)21(19-14)15-8-7-12(2)10-13(15)3/h7-8,10-11H,5-6,9,18H2,1-4H3. The molecule has 0 aliphatic heterocycles. The molecule has 5 nitrogen and oxygen atoms in total. The van der Waals surface area contributed by atoms with E-state index in [1.807, 2.05) is 26.0 Å². The van der Waals surface area contributed by atoms with E-state index in [0.29, 0.717) is 11.5 Å².